The van der Waals surface area contributed by atoms with E-state index in [0.717, 1.165) is 11.1 Å². The Morgan fingerprint density at radius 1 is 1.07 bits per heavy atom. The van der Waals surface area contributed by atoms with Crippen molar-refractivity contribution >= 4 is 34.2 Å². The zero-order valence-electron chi connectivity index (χ0n) is 15.9. The monoisotopic (exact) mass is 380 g/mol. The lowest BCUT2D eigenvalue weighted by Crippen LogP contribution is -2.43. The van der Waals surface area contributed by atoms with Crippen LogP contribution in [0.5, 0.6) is 5.75 Å². The summed E-state index contributed by atoms with van der Waals surface area (Å²) in [4.78, 5) is 38.4. The molecule has 1 aliphatic heterocycles. The Hall–Kier alpha value is -3.55. The summed E-state index contributed by atoms with van der Waals surface area (Å²) in [5, 5.41) is 2.81. The van der Waals surface area contributed by atoms with E-state index in [9.17, 15) is 14.4 Å². The number of amides is 2. The molecular weight excluding hydrogens is 360 g/mol. The maximum atomic E-state index is 12.6. The molecule has 144 valence electrons. The quantitative estimate of drug-likeness (QED) is 0.747. The number of aryl methyl sites for hydroxylation is 3. The fourth-order valence-corrected chi connectivity index (χ4v) is 3.41. The van der Waals surface area contributed by atoms with Gasteiger partial charge in [-0.05, 0) is 42.8 Å². The van der Waals surface area contributed by atoms with Crippen LogP contribution >= 0.6 is 0 Å². The molecule has 0 atom stereocenters. The van der Waals surface area contributed by atoms with Gasteiger partial charge in [-0.3, -0.25) is 23.6 Å². The lowest BCUT2D eigenvalue weighted by Gasteiger charge is -2.29. The summed E-state index contributed by atoms with van der Waals surface area (Å²) in [5.41, 5.74) is 3.48. The number of nitrogens with one attached hydrogen (secondary N) is 1. The molecule has 4 rings (SSSR count). The van der Waals surface area contributed by atoms with Gasteiger partial charge in [-0.15, -0.1) is 0 Å². The molecule has 8 heteroatoms. The van der Waals surface area contributed by atoms with Gasteiger partial charge in [0.05, 0.1) is 16.7 Å². The second kappa shape index (κ2) is 6.56. The van der Waals surface area contributed by atoms with Crippen LogP contribution in [0.15, 0.2) is 41.2 Å². The van der Waals surface area contributed by atoms with Crippen molar-refractivity contribution in [3.8, 4) is 5.75 Å². The molecule has 0 saturated carbocycles. The molecule has 0 unspecified atom stereocenters. The molecule has 0 spiro atoms. The standard InChI is InChI=1S/C20H20N4O4/c1-12-4-7-17-16(8-12)24(19(26)11-28-17)10-18(25)21-13-5-6-14-15(9-13)23(3)20(27)22(14)2/h4-9H,10-11H2,1-3H3,(H,21,25). The fourth-order valence-electron chi connectivity index (χ4n) is 3.41. The van der Waals surface area contributed by atoms with Crippen molar-refractivity contribution < 1.29 is 14.3 Å². The first-order valence-corrected chi connectivity index (χ1v) is 8.84. The normalized spacial score (nSPS) is 13.4. The van der Waals surface area contributed by atoms with Crippen LogP contribution < -0.4 is 20.6 Å². The van der Waals surface area contributed by atoms with Crippen molar-refractivity contribution in [1.29, 1.82) is 0 Å². The Balaban J connectivity index is 1.58. The van der Waals surface area contributed by atoms with Crippen LogP contribution in [0.3, 0.4) is 0 Å². The highest BCUT2D eigenvalue weighted by Crippen LogP contribution is 2.32. The van der Waals surface area contributed by atoms with Crippen LogP contribution in [0, 0.1) is 6.92 Å². The van der Waals surface area contributed by atoms with Crippen molar-refractivity contribution in [3.05, 3.63) is 52.4 Å². The lowest BCUT2D eigenvalue weighted by molar-refractivity contribution is -0.123. The predicted octanol–water partition coefficient (Wildman–Crippen LogP) is 1.55. The number of benzene rings is 2. The summed E-state index contributed by atoms with van der Waals surface area (Å²) >= 11 is 0. The first kappa shape index (κ1) is 17.8. The number of hydrogen-bond acceptors (Lipinski definition) is 4. The highest BCUT2D eigenvalue weighted by atomic mass is 16.5. The molecule has 8 nitrogen and oxygen atoms in total. The third-order valence-electron chi connectivity index (χ3n) is 4.91. The third kappa shape index (κ3) is 2.92. The van der Waals surface area contributed by atoms with Crippen LogP contribution in [-0.2, 0) is 23.7 Å². The number of imidazole rings is 1. The van der Waals surface area contributed by atoms with Crippen LogP contribution in [0.1, 0.15) is 5.56 Å². The Bertz CT molecular complexity index is 1170. The van der Waals surface area contributed by atoms with E-state index in [0.29, 0.717) is 22.6 Å². The van der Waals surface area contributed by atoms with Crippen LogP contribution in [0.4, 0.5) is 11.4 Å². The second-order valence-corrected chi connectivity index (χ2v) is 6.89. The summed E-state index contributed by atoms with van der Waals surface area (Å²) in [6.07, 6.45) is 0. The van der Waals surface area contributed by atoms with E-state index in [1.54, 1.807) is 42.9 Å². The molecule has 0 bridgehead atoms. The number of rotatable bonds is 3. The van der Waals surface area contributed by atoms with Gasteiger partial charge in [0.1, 0.15) is 12.3 Å². The van der Waals surface area contributed by atoms with Crippen molar-refractivity contribution in [2.45, 2.75) is 6.92 Å². The molecule has 0 fully saturated rings. The van der Waals surface area contributed by atoms with E-state index in [-0.39, 0.29) is 30.7 Å². The third-order valence-corrected chi connectivity index (χ3v) is 4.91. The SMILES string of the molecule is Cc1ccc2c(c1)N(CC(=O)Nc1ccc3c(c1)n(C)c(=O)n3C)C(=O)CO2. The molecule has 0 radical (unpaired) electrons. The Morgan fingerprint density at radius 3 is 2.61 bits per heavy atom. The van der Waals surface area contributed by atoms with E-state index in [4.69, 9.17) is 4.74 Å². The molecule has 3 aromatic rings. The summed E-state index contributed by atoms with van der Waals surface area (Å²) < 4.78 is 8.51. The first-order valence-electron chi connectivity index (χ1n) is 8.84. The number of carbonyl (C=O) groups excluding carboxylic acids is 2. The zero-order chi connectivity index (χ0) is 20.0. The molecular formula is C20H20N4O4. The lowest BCUT2D eigenvalue weighted by atomic mass is 10.1. The molecule has 1 N–H and O–H groups in total. The maximum absolute atomic E-state index is 12.6. The summed E-state index contributed by atoms with van der Waals surface area (Å²) in [7, 11) is 3.38. The smallest absolute Gasteiger partial charge is 0.328 e. The number of aromatic nitrogens is 2. The number of fused-ring (bicyclic) bond motifs is 2. The summed E-state index contributed by atoms with van der Waals surface area (Å²) in [5.74, 6) is -0.0177. The van der Waals surface area contributed by atoms with Gasteiger partial charge in [0, 0.05) is 19.8 Å². The van der Waals surface area contributed by atoms with Crippen molar-refractivity contribution in [2.75, 3.05) is 23.4 Å². The number of anilines is 2. The maximum Gasteiger partial charge on any atom is 0.328 e. The van der Waals surface area contributed by atoms with Gasteiger partial charge < -0.3 is 10.1 Å². The minimum atomic E-state index is -0.331. The number of nitrogens with zero attached hydrogens (tertiary/aromatic N) is 3. The molecule has 2 aromatic carbocycles. The van der Waals surface area contributed by atoms with Crippen molar-refractivity contribution in [1.82, 2.24) is 9.13 Å². The van der Waals surface area contributed by atoms with E-state index < -0.39 is 0 Å². The molecule has 1 aromatic heterocycles. The molecule has 28 heavy (non-hydrogen) atoms. The minimum absolute atomic E-state index is 0.0958. The van der Waals surface area contributed by atoms with Crippen LogP contribution in [-0.4, -0.2) is 34.1 Å². The molecule has 0 aliphatic carbocycles. The van der Waals surface area contributed by atoms with E-state index >= 15 is 0 Å². The van der Waals surface area contributed by atoms with Gasteiger partial charge in [-0.1, -0.05) is 6.07 Å². The van der Waals surface area contributed by atoms with Crippen molar-refractivity contribution in [3.63, 3.8) is 0 Å². The number of hydrogen-bond donors (Lipinski definition) is 1. The van der Waals surface area contributed by atoms with E-state index in [1.165, 1.54) is 9.47 Å². The zero-order valence-corrected chi connectivity index (χ0v) is 15.9. The highest BCUT2D eigenvalue weighted by Gasteiger charge is 2.27. The van der Waals surface area contributed by atoms with Gasteiger partial charge in [0.15, 0.2) is 6.61 Å². The van der Waals surface area contributed by atoms with Crippen LogP contribution in [0.25, 0.3) is 11.0 Å². The summed E-state index contributed by atoms with van der Waals surface area (Å²) in [6, 6.07) is 10.8. The Morgan fingerprint density at radius 2 is 1.82 bits per heavy atom. The van der Waals surface area contributed by atoms with Gasteiger partial charge in [-0.2, -0.15) is 0 Å². The Labute approximate surface area is 160 Å². The van der Waals surface area contributed by atoms with Gasteiger partial charge in [-0.25, -0.2) is 4.79 Å². The average Bonchev–Trinajstić information content (AvgIpc) is 2.88. The average molecular weight is 380 g/mol. The fraction of sp³-hybridized carbons (Fsp3) is 0.250. The van der Waals surface area contributed by atoms with Crippen LogP contribution in [0.2, 0.25) is 0 Å². The molecule has 2 amide bonds. The predicted molar refractivity (Wildman–Crippen MR) is 106 cm³/mol. The molecule has 1 aliphatic rings. The largest absolute Gasteiger partial charge is 0.482 e. The van der Waals surface area contributed by atoms with E-state index in [1.807, 2.05) is 19.1 Å². The molecule has 2 heterocycles. The van der Waals surface area contributed by atoms with Gasteiger partial charge >= 0.3 is 5.69 Å². The topological polar surface area (TPSA) is 85.6 Å². The second-order valence-electron chi connectivity index (χ2n) is 6.89. The van der Waals surface area contributed by atoms with Crippen molar-refractivity contribution in [2.24, 2.45) is 14.1 Å². The van der Waals surface area contributed by atoms with Gasteiger partial charge in [0.2, 0.25) is 5.91 Å². The number of ether oxygens (including phenoxy) is 1. The highest BCUT2D eigenvalue weighted by molar-refractivity contribution is 6.05. The Kier molecular flexibility index (Phi) is 4.18. The minimum Gasteiger partial charge on any atom is -0.482 e. The van der Waals surface area contributed by atoms with E-state index in [2.05, 4.69) is 5.32 Å². The molecule has 0 saturated heterocycles. The summed E-state index contributed by atoms with van der Waals surface area (Å²) in [6.45, 7) is 1.70. The number of carbonyl (C=O) groups is 2. The van der Waals surface area contributed by atoms with Gasteiger partial charge in [0.25, 0.3) is 5.91 Å². The first-order chi connectivity index (χ1) is 13.3.